The van der Waals surface area contributed by atoms with Crippen molar-refractivity contribution in [1.82, 2.24) is 0 Å². The second-order valence-corrected chi connectivity index (χ2v) is 23.2. The van der Waals surface area contributed by atoms with E-state index in [-0.39, 0.29) is 80.7 Å². The summed E-state index contributed by atoms with van der Waals surface area (Å²) in [5, 5.41) is 21.4. The van der Waals surface area contributed by atoms with Crippen molar-refractivity contribution < 1.29 is 52.7 Å². The third-order valence-electron chi connectivity index (χ3n) is 16.6. The number of esters is 3. The monoisotopic (exact) mass is 926 g/mol. The van der Waals surface area contributed by atoms with Crippen LogP contribution in [0.5, 0.6) is 0 Å². The first kappa shape index (κ1) is 49.6. The lowest BCUT2D eigenvalue weighted by molar-refractivity contribution is -0.181. The number of carbonyl (C=O) groups excluding carboxylic acids is 3. The summed E-state index contributed by atoms with van der Waals surface area (Å²) < 4.78 is 38.6. The standard InChI is InChI=1S/C54H71O11P/c1-37(19-25-49(56)57)45-23-24-46-44-22-21-42-31-43(27-29-53(42,2)47(44)32-48(55)54(45,46)3)65-51(59)28-30-66(61,64-35-40-17-11-6-12-18-40)36-41(52(60)63-34-39-15-9-5-10-16-39)20-26-50(58)62-33-38-13-7-4-8-14-38/h4-18,37,41-48,55H,19-36H2,1-3H3,(H,56,57)/t37-,41?,42-,43-,44?,45-,46?,47?,48+,53+,54-,66?/m1/s1. The minimum atomic E-state index is -3.72. The molecule has 358 valence electrons. The van der Waals surface area contributed by atoms with Gasteiger partial charge in [-0.2, -0.15) is 0 Å². The van der Waals surface area contributed by atoms with Gasteiger partial charge in [0.15, 0.2) is 0 Å². The molecule has 2 N–H and O–H groups in total. The van der Waals surface area contributed by atoms with E-state index in [0.717, 1.165) is 61.6 Å². The van der Waals surface area contributed by atoms with Gasteiger partial charge in [0.25, 0.3) is 0 Å². The van der Waals surface area contributed by atoms with Crippen LogP contribution >= 0.6 is 7.37 Å². The molecule has 12 heteroatoms. The van der Waals surface area contributed by atoms with Crippen molar-refractivity contribution in [2.24, 2.45) is 52.3 Å². The van der Waals surface area contributed by atoms with Gasteiger partial charge in [-0.05, 0) is 127 Å². The lowest BCUT2D eigenvalue weighted by Gasteiger charge is -2.62. The zero-order valence-corrected chi connectivity index (χ0v) is 40.0. The molecule has 4 saturated carbocycles. The highest BCUT2D eigenvalue weighted by Crippen LogP contribution is 2.68. The van der Waals surface area contributed by atoms with Gasteiger partial charge in [0.1, 0.15) is 19.3 Å². The van der Waals surface area contributed by atoms with Crippen LogP contribution in [0, 0.1) is 52.3 Å². The van der Waals surface area contributed by atoms with E-state index in [2.05, 4.69) is 20.8 Å². The summed E-state index contributed by atoms with van der Waals surface area (Å²) in [6.45, 7) is 6.97. The molecule has 0 heterocycles. The molecule has 4 aliphatic carbocycles. The van der Waals surface area contributed by atoms with Crippen LogP contribution in [0.2, 0.25) is 0 Å². The maximum atomic E-state index is 14.9. The Labute approximate surface area is 391 Å². The van der Waals surface area contributed by atoms with Gasteiger partial charge >= 0.3 is 23.9 Å². The summed E-state index contributed by atoms with van der Waals surface area (Å²) in [6, 6.07) is 27.9. The number of aliphatic hydroxyl groups excluding tert-OH is 1. The van der Waals surface area contributed by atoms with Crippen LogP contribution in [0.4, 0.5) is 0 Å². The summed E-state index contributed by atoms with van der Waals surface area (Å²) in [6.07, 6.45) is 6.85. The molecule has 0 saturated heterocycles. The Morgan fingerprint density at radius 2 is 1.33 bits per heavy atom. The molecule has 0 bridgehead atoms. The van der Waals surface area contributed by atoms with Gasteiger partial charge in [-0.15, -0.1) is 0 Å². The molecule has 5 unspecified atom stereocenters. The second kappa shape index (κ2) is 22.2. The molecule has 0 spiro atoms. The van der Waals surface area contributed by atoms with E-state index >= 15 is 0 Å². The fraction of sp³-hybridized carbons (Fsp3) is 0.593. The Morgan fingerprint density at radius 1 is 0.712 bits per heavy atom. The van der Waals surface area contributed by atoms with Crippen molar-refractivity contribution in [2.45, 2.75) is 136 Å². The van der Waals surface area contributed by atoms with Crippen LogP contribution in [0.3, 0.4) is 0 Å². The van der Waals surface area contributed by atoms with Gasteiger partial charge in [-0.1, -0.05) is 112 Å². The van der Waals surface area contributed by atoms with E-state index in [1.54, 1.807) is 0 Å². The van der Waals surface area contributed by atoms with E-state index in [9.17, 15) is 34.0 Å². The molecular weight excluding hydrogens is 856 g/mol. The zero-order valence-electron chi connectivity index (χ0n) is 39.1. The van der Waals surface area contributed by atoms with E-state index in [4.69, 9.17) is 18.7 Å². The van der Waals surface area contributed by atoms with Crippen LogP contribution in [0.15, 0.2) is 91.0 Å². The van der Waals surface area contributed by atoms with Crippen molar-refractivity contribution in [2.75, 3.05) is 12.3 Å². The molecule has 3 aromatic carbocycles. The SMILES string of the molecule is C[C@H](CCC(=O)O)[C@H]1CCC2C3CC[C@@H]4C[C@H](OC(=O)CCP(=O)(CC(CCC(=O)OCc5ccccc5)C(=O)OCc5ccccc5)OCc5ccccc5)CC[C@]4(C)C3C[C@H](O)[C@@]21C. The third-order valence-corrected chi connectivity index (χ3v) is 19.1. The molecule has 0 aromatic heterocycles. The van der Waals surface area contributed by atoms with Crippen molar-refractivity contribution in [3.05, 3.63) is 108 Å². The van der Waals surface area contributed by atoms with Crippen LogP contribution in [-0.2, 0) is 62.3 Å². The number of ether oxygens (including phenoxy) is 3. The van der Waals surface area contributed by atoms with Gasteiger partial charge in [0.2, 0.25) is 7.37 Å². The average molecular weight is 927 g/mol. The number of aliphatic hydroxyl groups is 1. The summed E-state index contributed by atoms with van der Waals surface area (Å²) in [4.78, 5) is 51.9. The molecule has 0 radical (unpaired) electrons. The largest absolute Gasteiger partial charge is 0.481 e. The summed E-state index contributed by atoms with van der Waals surface area (Å²) in [5.41, 5.74) is 2.22. The van der Waals surface area contributed by atoms with Crippen molar-refractivity contribution >= 4 is 31.2 Å². The predicted molar refractivity (Wildman–Crippen MR) is 251 cm³/mol. The number of fused-ring (bicyclic) bond motifs is 5. The van der Waals surface area contributed by atoms with Crippen LogP contribution in [-0.4, -0.2) is 58.6 Å². The maximum Gasteiger partial charge on any atom is 0.309 e. The molecule has 66 heavy (non-hydrogen) atoms. The van der Waals surface area contributed by atoms with Crippen LogP contribution in [0.1, 0.15) is 121 Å². The second-order valence-electron chi connectivity index (χ2n) is 20.5. The number of hydrogen-bond donors (Lipinski definition) is 2. The van der Waals surface area contributed by atoms with E-state index < -0.39 is 43.3 Å². The number of carbonyl (C=O) groups is 4. The number of carboxylic acids is 1. The number of carboxylic acid groups (broad SMARTS) is 1. The molecule has 0 aliphatic heterocycles. The molecule has 4 aliphatic rings. The van der Waals surface area contributed by atoms with Gasteiger partial charge in [0.05, 0.1) is 25.0 Å². The van der Waals surface area contributed by atoms with Crippen LogP contribution in [0.25, 0.3) is 0 Å². The molecule has 7 rings (SSSR count). The minimum Gasteiger partial charge on any atom is -0.481 e. The smallest absolute Gasteiger partial charge is 0.309 e. The van der Waals surface area contributed by atoms with Gasteiger partial charge in [0, 0.05) is 25.2 Å². The maximum absolute atomic E-state index is 14.9. The highest BCUT2D eigenvalue weighted by Gasteiger charge is 2.64. The van der Waals surface area contributed by atoms with Crippen molar-refractivity contribution in [1.29, 1.82) is 0 Å². The fourth-order valence-corrected chi connectivity index (χ4v) is 15.2. The molecule has 11 nitrogen and oxygen atoms in total. The Kier molecular flexibility index (Phi) is 16.7. The lowest BCUT2D eigenvalue weighted by atomic mass is 9.43. The molecule has 4 fully saturated rings. The Bertz CT molecular complexity index is 2130. The van der Waals surface area contributed by atoms with E-state index in [1.165, 1.54) is 0 Å². The Hall–Kier alpha value is -4.31. The van der Waals surface area contributed by atoms with Crippen molar-refractivity contribution in [3.8, 4) is 0 Å². The first-order chi connectivity index (χ1) is 31.7. The van der Waals surface area contributed by atoms with Gasteiger partial charge in [-0.25, -0.2) is 0 Å². The molecule has 12 atom stereocenters. The average Bonchev–Trinajstić information content (AvgIpc) is 3.69. The predicted octanol–water partition coefficient (Wildman–Crippen LogP) is 10.8. The zero-order chi connectivity index (χ0) is 46.9. The Morgan fingerprint density at radius 3 is 1.97 bits per heavy atom. The normalized spacial score (nSPS) is 29.7. The van der Waals surface area contributed by atoms with Crippen molar-refractivity contribution in [3.63, 3.8) is 0 Å². The summed E-state index contributed by atoms with van der Waals surface area (Å²) in [5.74, 6) is -1.08. The number of hydrogen-bond acceptors (Lipinski definition) is 10. The first-order valence-corrected chi connectivity index (χ1v) is 26.4. The highest BCUT2D eigenvalue weighted by atomic mass is 31.2. The van der Waals surface area contributed by atoms with Gasteiger partial charge < -0.3 is 28.9 Å². The Balaban J connectivity index is 0.981. The lowest BCUT2D eigenvalue weighted by Crippen LogP contribution is -2.59. The molecular formula is C54H71O11P. The molecule has 3 aromatic rings. The highest BCUT2D eigenvalue weighted by molar-refractivity contribution is 7.59. The number of rotatable bonds is 21. The number of aliphatic carboxylic acids is 1. The first-order valence-electron chi connectivity index (χ1n) is 24.4. The summed E-state index contributed by atoms with van der Waals surface area (Å²) >= 11 is 0. The molecule has 0 amide bonds. The van der Waals surface area contributed by atoms with E-state index in [1.807, 2.05) is 91.0 Å². The quantitative estimate of drug-likeness (QED) is 0.0594. The topological polar surface area (TPSA) is 163 Å². The van der Waals surface area contributed by atoms with E-state index in [0.29, 0.717) is 42.4 Å². The van der Waals surface area contributed by atoms with Crippen LogP contribution < -0.4 is 0 Å². The fourth-order valence-electron chi connectivity index (χ4n) is 12.9. The van der Waals surface area contributed by atoms with Gasteiger partial charge in [-0.3, -0.25) is 23.7 Å². The third kappa shape index (κ3) is 12.0. The number of benzene rings is 3. The summed E-state index contributed by atoms with van der Waals surface area (Å²) in [7, 11) is -3.72. The minimum absolute atomic E-state index is 0.00935.